The summed E-state index contributed by atoms with van der Waals surface area (Å²) in [5, 5.41) is 35.2. The molecule has 246 valence electrons. The van der Waals surface area contributed by atoms with Crippen LogP contribution in [-0.2, 0) is 40.8 Å². The van der Waals surface area contributed by atoms with Gasteiger partial charge in [0.1, 0.15) is 21.9 Å². The van der Waals surface area contributed by atoms with Crippen LogP contribution < -0.4 is 25.8 Å². The SMILES string of the molecule is C[C@H](N[C@@H](CCc1ccccc1)C(=O)O)C(=O)N(c1cc(Cl)c(S(N)(=O)=O)cc1S(N)(=O)=O)C1c2ccccc2NC1OC(=O)O. The average molecular weight is 696 g/mol. The van der Waals surface area contributed by atoms with Crippen molar-refractivity contribution in [2.24, 2.45) is 10.3 Å². The van der Waals surface area contributed by atoms with Gasteiger partial charge in [0.2, 0.25) is 32.2 Å². The lowest BCUT2D eigenvalue weighted by Crippen LogP contribution is -2.53. The summed E-state index contributed by atoms with van der Waals surface area (Å²) in [5.41, 5.74) is 0.908. The summed E-state index contributed by atoms with van der Waals surface area (Å²) in [6.45, 7) is 1.33. The third-order valence-corrected chi connectivity index (χ3v) is 9.49. The third-order valence-electron chi connectivity index (χ3n) is 7.18. The Hall–Kier alpha value is -4.26. The number of primary sulfonamides is 2. The van der Waals surface area contributed by atoms with E-state index in [-0.39, 0.29) is 12.0 Å². The van der Waals surface area contributed by atoms with Crippen molar-refractivity contribution in [3.63, 3.8) is 0 Å². The number of sulfonamides is 2. The summed E-state index contributed by atoms with van der Waals surface area (Å²) in [6.07, 6.45) is -2.86. The van der Waals surface area contributed by atoms with Gasteiger partial charge in [0.15, 0.2) is 0 Å². The number of hydrogen-bond donors (Lipinski definition) is 6. The van der Waals surface area contributed by atoms with Crippen LogP contribution in [-0.4, -0.2) is 63.4 Å². The van der Waals surface area contributed by atoms with Gasteiger partial charge in [-0.3, -0.25) is 19.8 Å². The number of amides is 1. The molecule has 3 aromatic carbocycles. The van der Waals surface area contributed by atoms with Gasteiger partial charge in [-0.1, -0.05) is 60.1 Å². The first kappa shape index (κ1) is 34.6. The van der Waals surface area contributed by atoms with Gasteiger partial charge in [0, 0.05) is 11.3 Å². The highest BCUT2D eigenvalue weighted by molar-refractivity contribution is 7.90. The van der Waals surface area contributed by atoms with E-state index < -0.39 is 82.9 Å². The summed E-state index contributed by atoms with van der Waals surface area (Å²) in [5.74, 6) is -2.23. The number of fused-ring (bicyclic) bond motifs is 1. The first-order valence-electron chi connectivity index (χ1n) is 13.5. The maximum atomic E-state index is 14.4. The van der Waals surface area contributed by atoms with Crippen LogP contribution >= 0.6 is 11.6 Å². The number of rotatable bonds is 12. The monoisotopic (exact) mass is 695 g/mol. The van der Waals surface area contributed by atoms with Crippen LogP contribution in [0.2, 0.25) is 5.02 Å². The quantitative estimate of drug-likeness (QED) is 0.149. The maximum absolute atomic E-state index is 14.4. The predicted octanol–water partition coefficient (Wildman–Crippen LogP) is 2.22. The number of carbonyl (C=O) groups excluding carboxylic acids is 1. The van der Waals surface area contributed by atoms with Crippen LogP contribution in [0.4, 0.5) is 16.2 Å². The van der Waals surface area contributed by atoms with E-state index in [2.05, 4.69) is 10.6 Å². The first-order chi connectivity index (χ1) is 21.5. The molecule has 0 saturated carbocycles. The molecule has 15 nitrogen and oxygen atoms in total. The summed E-state index contributed by atoms with van der Waals surface area (Å²) < 4.78 is 55.2. The van der Waals surface area contributed by atoms with Crippen LogP contribution in [0.3, 0.4) is 0 Å². The number of para-hydroxylation sites is 1. The summed E-state index contributed by atoms with van der Waals surface area (Å²) in [7, 11) is -9.42. The van der Waals surface area contributed by atoms with Crippen LogP contribution in [0.25, 0.3) is 0 Å². The van der Waals surface area contributed by atoms with E-state index in [9.17, 15) is 41.4 Å². The number of carbonyl (C=O) groups is 3. The number of halogens is 1. The predicted molar refractivity (Wildman–Crippen MR) is 166 cm³/mol. The molecule has 1 aliphatic heterocycles. The van der Waals surface area contributed by atoms with Crippen molar-refractivity contribution in [3.05, 3.63) is 82.9 Å². The van der Waals surface area contributed by atoms with E-state index in [0.29, 0.717) is 18.2 Å². The molecule has 0 aromatic heterocycles. The Labute approximate surface area is 269 Å². The molecular formula is C28H30ClN5O10S2. The van der Waals surface area contributed by atoms with Crippen LogP contribution in [0.15, 0.2) is 76.5 Å². The number of nitrogens with two attached hydrogens (primary N) is 2. The molecule has 1 heterocycles. The van der Waals surface area contributed by atoms with Crippen molar-refractivity contribution in [1.82, 2.24) is 5.32 Å². The van der Waals surface area contributed by atoms with E-state index in [1.807, 2.05) is 12.1 Å². The third kappa shape index (κ3) is 7.75. The van der Waals surface area contributed by atoms with Crippen LogP contribution in [0, 0.1) is 0 Å². The molecule has 18 heteroatoms. The largest absolute Gasteiger partial charge is 0.507 e. The topological polar surface area (TPSA) is 249 Å². The molecule has 0 fully saturated rings. The van der Waals surface area contributed by atoms with Crippen molar-refractivity contribution < 1.29 is 46.2 Å². The second-order valence-corrected chi connectivity index (χ2v) is 13.8. The molecular weight excluding hydrogens is 666 g/mol. The molecule has 0 aliphatic carbocycles. The minimum atomic E-state index is -4.83. The van der Waals surface area contributed by atoms with Gasteiger partial charge < -0.3 is 20.3 Å². The maximum Gasteiger partial charge on any atom is 0.507 e. The lowest BCUT2D eigenvalue weighted by atomic mass is 10.0. The number of ether oxygens (including phenoxy) is 1. The average Bonchev–Trinajstić information content (AvgIpc) is 3.31. The highest BCUT2D eigenvalue weighted by Crippen LogP contribution is 2.44. The van der Waals surface area contributed by atoms with Gasteiger partial charge in [-0.2, -0.15) is 0 Å². The number of nitrogens with zero attached hydrogens (tertiary/aromatic N) is 1. The van der Waals surface area contributed by atoms with Gasteiger partial charge >= 0.3 is 12.1 Å². The first-order valence-corrected chi connectivity index (χ1v) is 17.0. The number of carboxylic acid groups (broad SMARTS) is 2. The molecule has 2 unspecified atom stereocenters. The Morgan fingerprint density at radius 1 is 0.978 bits per heavy atom. The second-order valence-electron chi connectivity index (χ2n) is 10.3. The molecule has 4 atom stereocenters. The zero-order valence-electron chi connectivity index (χ0n) is 24.0. The Bertz CT molecular complexity index is 1880. The zero-order valence-corrected chi connectivity index (χ0v) is 26.4. The van der Waals surface area contributed by atoms with E-state index in [4.69, 9.17) is 26.6 Å². The highest BCUT2D eigenvalue weighted by Gasteiger charge is 2.45. The number of aliphatic carboxylic acids is 1. The van der Waals surface area contributed by atoms with E-state index in [1.165, 1.54) is 13.0 Å². The van der Waals surface area contributed by atoms with Gasteiger partial charge in [-0.05, 0) is 43.5 Å². The van der Waals surface area contributed by atoms with Gasteiger partial charge in [-0.25, -0.2) is 31.9 Å². The summed E-state index contributed by atoms with van der Waals surface area (Å²) >= 11 is 6.25. The van der Waals surface area contributed by atoms with E-state index in [1.54, 1.807) is 36.4 Å². The van der Waals surface area contributed by atoms with Crippen LogP contribution in [0.1, 0.15) is 30.5 Å². The van der Waals surface area contributed by atoms with Gasteiger partial charge in [0.05, 0.1) is 16.8 Å². The highest BCUT2D eigenvalue weighted by atomic mass is 35.5. The second kappa shape index (κ2) is 13.6. The molecule has 0 bridgehead atoms. The molecule has 4 rings (SSSR count). The fourth-order valence-electron chi connectivity index (χ4n) is 5.14. The molecule has 0 saturated heterocycles. The van der Waals surface area contributed by atoms with Gasteiger partial charge in [-0.15, -0.1) is 0 Å². The molecule has 46 heavy (non-hydrogen) atoms. The Kier molecular flexibility index (Phi) is 10.2. The Morgan fingerprint density at radius 3 is 2.17 bits per heavy atom. The van der Waals surface area contributed by atoms with Gasteiger partial charge in [0.25, 0.3) is 0 Å². The molecule has 0 radical (unpaired) electrons. The van der Waals surface area contributed by atoms with Crippen molar-refractivity contribution in [1.29, 1.82) is 0 Å². The number of nitrogens with one attached hydrogen (secondary N) is 2. The molecule has 0 spiro atoms. The van der Waals surface area contributed by atoms with Crippen molar-refractivity contribution in [3.8, 4) is 0 Å². The Balaban J connectivity index is 1.87. The van der Waals surface area contributed by atoms with Crippen molar-refractivity contribution in [2.45, 2.75) is 53.9 Å². The number of hydrogen-bond acceptors (Lipinski definition) is 10. The number of carboxylic acids is 1. The molecule has 8 N–H and O–H groups in total. The van der Waals surface area contributed by atoms with Crippen LogP contribution in [0.5, 0.6) is 0 Å². The molecule has 1 amide bonds. The van der Waals surface area contributed by atoms with Crippen molar-refractivity contribution in [2.75, 3.05) is 10.2 Å². The number of aryl methyl sites for hydroxylation is 1. The molecule has 3 aromatic rings. The number of anilines is 2. The smallest absolute Gasteiger partial charge is 0.480 e. The van der Waals surface area contributed by atoms with Crippen molar-refractivity contribution >= 4 is 61.1 Å². The van der Waals surface area contributed by atoms with E-state index in [0.717, 1.165) is 16.5 Å². The lowest BCUT2D eigenvalue weighted by molar-refractivity contribution is -0.140. The minimum absolute atomic E-state index is 0.0623. The molecule has 1 aliphatic rings. The zero-order chi connectivity index (χ0) is 34.0. The standard InChI is InChI=1S/C28H30ClN5O10S2/c1-15(32-20(27(36)37)12-11-16-7-3-2-4-8-16)26(35)34(24-17-9-5-6-10-19(17)33-25(24)44-28(38)39)21-13-18(29)22(45(30,40)41)14-23(21)46(31,42)43/h2-10,13-15,20,24-25,32-33H,11-12H2,1H3,(H,36,37)(H,38,39)(H2,30,40,41)(H2,31,42,43)/t15-,20-,24?,25?/m0/s1. The summed E-state index contributed by atoms with van der Waals surface area (Å²) in [4.78, 5) is 37.4. The lowest BCUT2D eigenvalue weighted by Gasteiger charge is -2.36. The fraction of sp³-hybridized carbons (Fsp3) is 0.250. The summed E-state index contributed by atoms with van der Waals surface area (Å²) in [6, 6.07) is 12.7. The minimum Gasteiger partial charge on any atom is -0.480 e. The fourth-order valence-corrected chi connectivity index (χ4v) is 7.04. The number of benzene rings is 3. The Morgan fingerprint density at radius 2 is 1.59 bits per heavy atom. The van der Waals surface area contributed by atoms with E-state index >= 15 is 0 Å². The normalized spacial score (nSPS) is 17.3.